The molecule has 14 nitrogen and oxygen atoms in total. The average molecular weight is 915 g/mol. The molecule has 0 aliphatic carbocycles. The molecule has 7 aromatic rings. The fourth-order valence-corrected chi connectivity index (χ4v) is 10.5. The van der Waals surface area contributed by atoms with Crippen LogP contribution in [0.5, 0.6) is 0 Å². The van der Waals surface area contributed by atoms with Gasteiger partial charge in [-0.15, -0.1) is 0 Å². The number of aryl methyl sites for hydroxylation is 3. The van der Waals surface area contributed by atoms with Crippen molar-refractivity contribution in [3.63, 3.8) is 0 Å². The van der Waals surface area contributed by atoms with Crippen LogP contribution in [0.2, 0.25) is 0 Å². The minimum absolute atomic E-state index is 0.202. The highest BCUT2D eigenvalue weighted by atomic mass is 19.1. The second-order valence-corrected chi connectivity index (χ2v) is 18.6. The summed E-state index contributed by atoms with van der Waals surface area (Å²) in [6.07, 6.45) is 8.86. The second-order valence-electron chi connectivity index (χ2n) is 18.6. The highest BCUT2D eigenvalue weighted by Crippen LogP contribution is 2.34. The van der Waals surface area contributed by atoms with Crippen LogP contribution >= 0.6 is 0 Å². The van der Waals surface area contributed by atoms with Gasteiger partial charge >= 0.3 is 5.69 Å². The maximum atomic E-state index is 16.0. The Morgan fingerprint density at radius 2 is 1.65 bits per heavy atom. The Labute approximate surface area is 393 Å². The second kappa shape index (κ2) is 18.1. The number of likely N-dealkylation sites (tertiary alicyclic amines) is 1. The molecule has 0 bridgehead atoms. The number of anilines is 2. The van der Waals surface area contributed by atoms with Crippen LogP contribution in [0, 0.1) is 12.7 Å². The fraction of sp³-hybridized carbons (Fsp3) is 0.321. The number of nitrogens with one attached hydrogen (secondary N) is 1. The first kappa shape index (κ1) is 44.6. The van der Waals surface area contributed by atoms with Crippen molar-refractivity contribution < 1.29 is 18.8 Å². The van der Waals surface area contributed by atoms with E-state index in [1.54, 1.807) is 41.9 Å². The molecule has 3 aliphatic heterocycles. The first-order valence-corrected chi connectivity index (χ1v) is 23.3. The van der Waals surface area contributed by atoms with E-state index in [2.05, 4.69) is 53.9 Å². The summed E-state index contributed by atoms with van der Waals surface area (Å²) in [5, 5.41) is 3.42. The molecule has 3 aliphatic rings. The maximum absolute atomic E-state index is 16.0. The van der Waals surface area contributed by atoms with E-state index in [9.17, 15) is 19.2 Å². The normalized spacial score (nSPS) is 17.5. The largest absolute Gasteiger partial charge is 0.384 e. The van der Waals surface area contributed by atoms with Crippen molar-refractivity contribution in [1.82, 2.24) is 38.8 Å². The number of piperidine rings is 2. The van der Waals surface area contributed by atoms with Crippen molar-refractivity contribution in [2.75, 3.05) is 43.9 Å². The summed E-state index contributed by atoms with van der Waals surface area (Å²) in [5.74, 6) is -0.553. The Bertz CT molecular complexity index is 3190. The third-order valence-electron chi connectivity index (χ3n) is 14.4. The minimum atomic E-state index is -0.710. The fourth-order valence-electron chi connectivity index (χ4n) is 10.5. The lowest BCUT2D eigenvalue weighted by Gasteiger charge is -2.32. The molecular weight excluding hydrogens is 860 g/mol. The van der Waals surface area contributed by atoms with E-state index in [4.69, 9.17) is 5.73 Å². The lowest BCUT2D eigenvalue weighted by atomic mass is 9.89. The number of nitrogens with two attached hydrogens (primary N) is 1. The minimum Gasteiger partial charge on any atom is -0.384 e. The maximum Gasteiger partial charge on any atom is 0.329 e. The van der Waals surface area contributed by atoms with Gasteiger partial charge in [0.15, 0.2) is 0 Å². The average Bonchev–Trinajstić information content (AvgIpc) is 3.79. The van der Waals surface area contributed by atoms with Gasteiger partial charge in [-0.3, -0.25) is 38.6 Å². The molecular formula is C53H55FN10O4. The Morgan fingerprint density at radius 1 is 0.853 bits per heavy atom. The van der Waals surface area contributed by atoms with E-state index in [0.717, 1.165) is 101 Å². The van der Waals surface area contributed by atoms with Crippen molar-refractivity contribution in [3.05, 3.63) is 147 Å². The van der Waals surface area contributed by atoms with Crippen LogP contribution < -0.4 is 21.6 Å². The number of halogens is 1. The first-order chi connectivity index (χ1) is 32.8. The van der Waals surface area contributed by atoms with E-state index in [0.29, 0.717) is 47.8 Å². The molecule has 1 atom stereocenters. The van der Waals surface area contributed by atoms with E-state index in [1.807, 2.05) is 62.6 Å². The Kier molecular flexibility index (Phi) is 11.9. The van der Waals surface area contributed by atoms with E-state index >= 15 is 4.39 Å². The van der Waals surface area contributed by atoms with Crippen LogP contribution in [-0.2, 0) is 36.8 Å². The van der Waals surface area contributed by atoms with Crippen LogP contribution in [0.25, 0.3) is 38.8 Å². The molecule has 0 saturated carbocycles. The zero-order valence-electron chi connectivity index (χ0n) is 38.8. The Balaban J connectivity index is 0.743. The summed E-state index contributed by atoms with van der Waals surface area (Å²) in [7, 11) is 5.48. The van der Waals surface area contributed by atoms with Crippen molar-refractivity contribution >= 4 is 56.9 Å². The molecule has 68 heavy (non-hydrogen) atoms. The van der Waals surface area contributed by atoms with Crippen LogP contribution in [-0.4, -0.2) is 84.4 Å². The Morgan fingerprint density at radius 3 is 2.35 bits per heavy atom. The van der Waals surface area contributed by atoms with Gasteiger partial charge in [-0.05, 0) is 140 Å². The number of pyridine rings is 2. The number of carbonyl (C=O) groups excluding carboxylic acids is 3. The number of imide groups is 1. The van der Waals surface area contributed by atoms with Gasteiger partial charge in [-0.25, -0.2) is 19.2 Å². The summed E-state index contributed by atoms with van der Waals surface area (Å²) in [4.78, 5) is 66.7. The Hall–Kier alpha value is -7.23. The summed E-state index contributed by atoms with van der Waals surface area (Å²) in [5.41, 5.74) is 16.7. The third kappa shape index (κ3) is 8.40. The molecule has 0 spiro atoms. The zero-order chi connectivity index (χ0) is 47.4. The lowest BCUT2D eigenvalue weighted by molar-refractivity contribution is -0.135. The number of amides is 3. The SMILES string of the molecule is Cc1cc(C(=O)N(C)c2ccc(C3CCN(Cc4ccc5c(c4)n(C)c(=O)n5C4CCC(=O)NC4=O)CC3)cc2)cc(F)c1C1=CCN(Cc2cc3c(-c4ccc(N)nc4)ccnc3n2C)CC1. The first-order valence-electron chi connectivity index (χ1n) is 23.3. The number of nitrogens with zero attached hydrogens (tertiary/aromatic N) is 8. The summed E-state index contributed by atoms with van der Waals surface area (Å²) < 4.78 is 21.3. The van der Waals surface area contributed by atoms with Gasteiger partial charge in [0.25, 0.3) is 5.91 Å². The van der Waals surface area contributed by atoms with Gasteiger partial charge in [0.1, 0.15) is 23.3 Å². The number of nitrogen functional groups attached to an aromatic ring is 1. The molecule has 3 aromatic carbocycles. The molecule has 348 valence electrons. The van der Waals surface area contributed by atoms with Crippen LogP contribution in [0.15, 0.2) is 102 Å². The predicted molar refractivity (Wildman–Crippen MR) is 262 cm³/mol. The van der Waals surface area contributed by atoms with Crippen LogP contribution in [0.1, 0.15) is 82.4 Å². The van der Waals surface area contributed by atoms with Crippen molar-refractivity contribution in [2.45, 2.75) is 64.1 Å². The van der Waals surface area contributed by atoms with Gasteiger partial charge in [-0.1, -0.05) is 24.3 Å². The number of hydrogen-bond acceptors (Lipinski definition) is 9. The molecule has 2 saturated heterocycles. The molecule has 1 unspecified atom stereocenters. The van der Waals surface area contributed by atoms with Gasteiger partial charge in [0.2, 0.25) is 11.8 Å². The molecule has 2 fully saturated rings. The van der Waals surface area contributed by atoms with Gasteiger partial charge < -0.3 is 15.2 Å². The summed E-state index contributed by atoms with van der Waals surface area (Å²) in [6.45, 7) is 6.58. The van der Waals surface area contributed by atoms with E-state index < -0.39 is 11.9 Å². The van der Waals surface area contributed by atoms with Gasteiger partial charge in [0, 0.05) is 99.6 Å². The van der Waals surface area contributed by atoms with E-state index in [1.165, 1.54) is 16.2 Å². The smallest absolute Gasteiger partial charge is 0.329 e. The number of carbonyl (C=O) groups is 3. The third-order valence-corrected chi connectivity index (χ3v) is 14.4. The lowest BCUT2D eigenvalue weighted by Crippen LogP contribution is -2.44. The molecule has 15 heteroatoms. The number of benzene rings is 3. The number of rotatable bonds is 10. The molecule has 7 heterocycles. The number of aromatic nitrogens is 5. The van der Waals surface area contributed by atoms with Gasteiger partial charge in [-0.2, -0.15) is 0 Å². The summed E-state index contributed by atoms with van der Waals surface area (Å²) in [6, 6.07) is 24.5. The highest BCUT2D eigenvalue weighted by molar-refractivity contribution is 6.06. The topological polar surface area (TPSA) is 157 Å². The number of imidazole rings is 1. The monoisotopic (exact) mass is 914 g/mol. The predicted octanol–water partition coefficient (Wildman–Crippen LogP) is 7.24. The van der Waals surface area contributed by atoms with Gasteiger partial charge in [0.05, 0.1) is 11.0 Å². The summed E-state index contributed by atoms with van der Waals surface area (Å²) >= 11 is 0. The molecule has 0 radical (unpaired) electrons. The van der Waals surface area contributed by atoms with Crippen LogP contribution in [0.4, 0.5) is 15.9 Å². The van der Waals surface area contributed by atoms with Crippen LogP contribution in [0.3, 0.4) is 0 Å². The molecule has 10 rings (SSSR count). The highest BCUT2D eigenvalue weighted by Gasteiger charge is 2.32. The molecule has 4 aromatic heterocycles. The van der Waals surface area contributed by atoms with Crippen molar-refractivity contribution in [3.8, 4) is 11.1 Å². The zero-order valence-corrected chi connectivity index (χ0v) is 38.8. The number of fused-ring (bicyclic) bond motifs is 2. The molecule has 3 N–H and O–H groups in total. The number of hydrogen-bond donors (Lipinski definition) is 2. The quantitative estimate of drug-likeness (QED) is 0.135. The van der Waals surface area contributed by atoms with Crippen molar-refractivity contribution in [2.24, 2.45) is 14.1 Å². The van der Waals surface area contributed by atoms with E-state index in [-0.39, 0.29) is 29.7 Å². The van der Waals surface area contributed by atoms with Crippen molar-refractivity contribution in [1.29, 1.82) is 0 Å². The standard InChI is InChI=1S/C53H55FN10O4/c1-32-25-38(27-43(54)49(32)36-18-23-63(24-19-36)31-40-28-42-41(15-20-56-50(42)59(40)2)37-8-13-47(55)57-29-37)52(67)60(3)39-9-6-34(7-10-39)35-16-21-62(22-17-35)30-33-5-11-44-46(26-33)61(4)53(68)64(44)45-12-14-48(65)58-51(45)66/h5-11,13,15,18,20,25-29,35,45H,12,14,16-17,19,21-24,30-31H2,1-4H3,(H2,55,57)(H,58,65,66). The molecule has 3 amide bonds.